The number of nitrogens with zero attached hydrogens (tertiary/aromatic N) is 1. The number of rotatable bonds is 7. The van der Waals surface area contributed by atoms with Crippen LogP contribution in [0.4, 0.5) is 0 Å². The van der Waals surface area contributed by atoms with Crippen molar-refractivity contribution in [1.29, 1.82) is 0 Å². The van der Waals surface area contributed by atoms with Crippen molar-refractivity contribution < 1.29 is 38.2 Å². The second-order valence-electron chi connectivity index (χ2n) is 6.45. The number of ether oxygens (including phenoxy) is 3. The summed E-state index contributed by atoms with van der Waals surface area (Å²) in [5, 5.41) is 0. The van der Waals surface area contributed by atoms with Gasteiger partial charge in [0.05, 0.1) is 17.7 Å². The zero-order chi connectivity index (χ0) is 22.4. The van der Waals surface area contributed by atoms with Crippen molar-refractivity contribution in [3.63, 3.8) is 0 Å². The molecule has 1 fully saturated rings. The first kappa shape index (κ1) is 21.7. The third kappa shape index (κ3) is 4.95. The molecule has 9 heteroatoms. The molecule has 2 atom stereocenters. The fraction of sp³-hybridized carbons (Fsp3) is 0.227. The van der Waals surface area contributed by atoms with Gasteiger partial charge in [-0.3, -0.25) is 19.3 Å². The Hall–Kier alpha value is -4.01. The zero-order valence-corrected chi connectivity index (χ0v) is 16.6. The number of hydrogen-bond donors (Lipinski definition) is 0. The summed E-state index contributed by atoms with van der Waals surface area (Å²) in [6.07, 6.45) is -3.47. The molecule has 0 spiro atoms. The molecule has 1 saturated heterocycles. The summed E-state index contributed by atoms with van der Waals surface area (Å²) in [5.41, 5.74) is 0.277. The molecule has 0 N–H and O–H groups in total. The van der Waals surface area contributed by atoms with Crippen LogP contribution in [0.5, 0.6) is 0 Å². The molecule has 2 aromatic carbocycles. The average molecular weight is 425 g/mol. The molecule has 9 nitrogen and oxygen atoms in total. The lowest BCUT2D eigenvalue weighted by molar-refractivity contribution is -0.153. The van der Waals surface area contributed by atoms with Gasteiger partial charge in [-0.15, -0.1) is 0 Å². The maximum Gasteiger partial charge on any atom is 0.339 e. The molecule has 0 radical (unpaired) electrons. The Morgan fingerprint density at radius 2 is 1.19 bits per heavy atom. The van der Waals surface area contributed by atoms with E-state index in [9.17, 15) is 24.0 Å². The summed E-state index contributed by atoms with van der Waals surface area (Å²) >= 11 is 0. The lowest BCUT2D eigenvalue weighted by Gasteiger charge is -2.16. The molecule has 2 amide bonds. The third-order valence-electron chi connectivity index (χ3n) is 4.37. The molecular formula is C22H19NO8. The number of imide groups is 1. The first-order valence-electron chi connectivity index (χ1n) is 9.45. The Morgan fingerprint density at radius 3 is 1.58 bits per heavy atom. The highest BCUT2D eigenvalue weighted by Crippen LogP contribution is 2.23. The van der Waals surface area contributed by atoms with Crippen LogP contribution in [-0.4, -0.2) is 60.0 Å². The third-order valence-corrected chi connectivity index (χ3v) is 4.37. The van der Waals surface area contributed by atoms with Gasteiger partial charge in [0, 0.05) is 0 Å². The van der Waals surface area contributed by atoms with Crippen molar-refractivity contribution in [2.24, 2.45) is 0 Å². The fourth-order valence-corrected chi connectivity index (χ4v) is 2.91. The standard InChI is InChI=1S/C22H19NO8/c1-2-29-16(24)13-23-19(25)17(30-21(27)14-9-5-3-6-10-14)18(20(23)26)31-22(28)15-11-7-4-8-12-15/h3-12,17-18H,2,13H2,1H3. The monoisotopic (exact) mass is 425 g/mol. The van der Waals surface area contributed by atoms with E-state index in [2.05, 4.69) is 0 Å². The SMILES string of the molecule is CCOC(=O)CN1C(=O)C(OC(=O)c2ccccc2)C(OC(=O)c2ccccc2)C1=O. The molecule has 1 aliphatic rings. The van der Waals surface area contributed by atoms with E-state index in [1.54, 1.807) is 43.3 Å². The lowest BCUT2D eigenvalue weighted by atomic mass is 10.2. The van der Waals surface area contributed by atoms with Crippen LogP contribution < -0.4 is 0 Å². The molecule has 0 bridgehead atoms. The Morgan fingerprint density at radius 1 is 0.774 bits per heavy atom. The van der Waals surface area contributed by atoms with Crippen molar-refractivity contribution in [2.75, 3.05) is 13.2 Å². The van der Waals surface area contributed by atoms with Crippen molar-refractivity contribution in [3.8, 4) is 0 Å². The summed E-state index contributed by atoms with van der Waals surface area (Å²) in [5.74, 6) is -4.55. The first-order valence-corrected chi connectivity index (χ1v) is 9.45. The van der Waals surface area contributed by atoms with Crippen molar-refractivity contribution in [2.45, 2.75) is 19.1 Å². The van der Waals surface area contributed by atoms with E-state index in [0.717, 1.165) is 0 Å². The van der Waals surface area contributed by atoms with Crippen LogP contribution in [0, 0.1) is 0 Å². The highest BCUT2D eigenvalue weighted by molar-refractivity contribution is 6.11. The normalized spacial score (nSPS) is 17.9. The van der Waals surface area contributed by atoms with Gasteiger partial charge in [-0.25, -0.2) is 9.59 Å². The largest absolute Gasteiger partial charge is 0.465 e. The van der Waals surface area contributed by atoms with E-state index >= 15 is 0 Å². The predicted molar refractivity (Wildman–Crippen MR) is 105 cm³/mol. The van der Waals surface area contributed by atoms with Crippen LogP contribution in [0.2, 0.25) is 0 Å². The van der Waals surface area contributed by atoms with Crippen molar-refractivity contribution >= 4 is 29.7 Å². The van der Waals surface area contributed by atoms with Gasteiger partial charge in [0.1, 0.15) is 6.54 Å². The van der Waals surface area contributed by atoms with Gasteiger partial charge < -0.3 is 14.2 Å². The van der Waals surface area contributed by atoms with Crippen LogP contribution in [-0.2, 0) is 28.6 Å². The molecule has 2 aromatic rings. The van der Waals surface area contributed by atoms with E-state index in [4.69, 9.17) is 14.2 Å². The minimum atomic E-state index is -1.73. The molecule has 0 aliphatic carbocycles. The second kappa shape index (κ2) is 9.66. The number of likely N-dealkylation sites (tertiary alicyclic amines) is 1. The number of carbonyl (C=O) groups is 5. The number of hydrogen-bond acceptors (Lipinski definition) is 8. The van der Waals surface area contributed by atoms with Gasteiger partial charge in [0.2, 0.25) is 12.2 Å². The summed E-state index contributed by atoms with van der Waals surface area (Å²) in [7, 11) is 0. The van der Waals surface area contributed by atoms with Crippen LogP contribution in [0.3, 0.4) is 0 Å². The topological polar surface area (TPSA) is 116 Å². The average Bonchev–Trinajstić information content (AvgIpc) is 2.99. The Labute approximate surface area is 177 Å². The lowest BCUT2D eigenvalue weighted by Crippen LogP contribution is -2.38. The van der Waals surface area contributed by atoms with Gasteiger partial charge in [0.25, 0.3) is 11.8 Å². The highest BCUT2D eigenvalue weighted by Gasteiger charge is 2.53. The van der Waals surface area contributed by atoms with Gasteiger partial charge in [-0.2, -0.15) is 0 Å². The summed E-state index contributed by atoms with van der Waals surface area (Å²) < 4.78 is 15.2. The van der Waals surface area contributed by atoms with Crippen molar-refractivity contribution in [1.82, 2.24) is 4.90 Å². The van der Waals surface area contributed by atoms with Crippen LogP contribution in [0.15, 0.2) is 60.7 Å². The summed E-state index contributed by atoms with van der Waals surface area (Å²) in [4.78, 5) is 62.8. The van der Waals surface area contributed by atoms with E-state index in [-0.39, 0.29) is 17.7 Å². The molecule has 0 saturated carbocycles. The Bertz CT molecular complexity index is 918. The van der Waals surface area contributed by atoms with Crippen molar-refractivity contribution in [3.05, 3.63) is 71.8 Å². The number of carbonyl (C=O) groups excluding carboxylic acids is 5. The molecule has 3 rings (SSSR count). The maximum atomic E-state index is 12.8. The highest BCUT2D eigenvalue weighted by atomic mass is 16.6. The van der Waals surface area contributed by atoms with Crippen LogP contribution in [0.25, 0.3) is 0 Å². The molecule has 1 heterocycles. The molecule has 2 unspecified atom stereocenters. The minimum absolute atomic E-state index is 0.0495. The quantitative estimate of drug-likeness (QED) is 0.371. The second-order valence-corrected chi connectivity index (χ2v) is 6.45. The zero-order valence-electron chi connectivity index (χ0n) is 16.6. The van der Waals surface area contributed by atoms with E-state index in [1.807, 2.05) is 0 Å². The van der Waals surface area contributed by atoms with Crippen LogP contribution >= 0.6 is 0 Å². The number of benzene rings is 2. The number of amides is 2. The molecule has 0 aromatic heterocycles. The predicted octanol–water partition coefficient (Wildman–Crippen LogP) is 1.37. The minimum Gasteiger partial charge on any atom is -0.465 e. The van der Waals surface area contributed by atoms with Gasteiger partial charge in [-0.05, 0) is 31.2 Å². The smallest absolute Gasteiger partial charge is 0.339 e. The van der Waals surface area contributed by atoms with E-state index in [1.165, 1.54) is 24.3 Å². The fourth-order valence-electron chi connectivity index (χ4n) is 2.91. The summed E-state index contributed by atoms with van der Waals surface area (Å²) in [6.45, 7) is 0.929. The van der Waals surface area contributed by atoms with E-state index in [0.29, 0.717) is 4.90 Å². The molecule has 160 valence electrons. The first-order chi connectivity index (χ1) is 14.9. The van der Waals surface area contributed by atoms with Gasteiger partial charge >= 0.3 is 17.9 Å². The Kier molecular flexibility index (Phi) is 6.76. The van der Waals surface area contributed by atoms with Crippen LogP contribution in [0.1, 0.15) is 27.6 Å². The molecular weight excluding hydrogens is 406 g/mol. The van der Waals surface area contributed by atoms with E-state index < -0.39 is 48.5 Å². The maximum absolute atomic E-state index is 12.8. The van der Waals surface area contributed by atoms with Gasteiger partial charge in [0.15, 0.2) is 0 Å². The van der Waals surface area contributed by atoms with Gasteiger partial charge in [-0.1, -0.05) is 36.4 Å². The summed E-state index contributed by atoms with van der Waals surface area (Å²) in [6, 6.07) is 15.6. The molecule has 31 heavy (non-hydrogen) atoms. The molecule has 1 aliphatic heterocycles. The number of esters is 3. The Balaban J connectivity index is 1.84.